The fourth-order valence-electron chi connectivity index (χ4n) is 3.07. The van der Waals surface area contributed by atoms with Gasteiger partial charge in [0.15, 0.2) is 0 Å². The highest BCUT2D eigenvalue weighted by Crippen LogP contribution is 2.28. The summed E-state index contributed by atoms with van der Waals surface area (Å²) in [7, 11) is 0. The molecular formula is C16H17N5O. The number of benzene rings is 1. The molecule has 1 aliphatic heterocycles. The van der Waals surface area contributed by atoms with Crippen molar-refractivity contribution in [3.63, 3.8) is 0 Å². The predicted octanol–water partition coefficient (Wildman–Crippen LogP) is 2.31. The molecule has 0 atom stereocenters. The first-order valence-corrected chi connectivity index (χ1v) is 7.53. The Morgan fingerprint density at radius 2 is 2.05 bits per heavy atom. The van der Waals surface area contributed by atoms with Gasteiger partial charge in [-0.05, 0) is 25.0 Å². The number of para-hydroxylation sites is 2. The summed E-state index contributed by atoms with van der Waals surface area (Å²) in [6.45, 7) is 1.50. The van der Waals surface area contributed by atoms with E-state index < -0.39 is 0 Å². The largest absolute Gasteiger partial charge is 0.342 e. The van der Waals surface area contributed by atoms with Crippen molar-refractivity contribution >= 4 is 16.9 Å². The maximum atomic E-state index is 12.3. The maximum absolute atomic E-state index is 12.3. The fourth-order valence-corrected chi connectivity index (χ4v) is 3.07. The number of aromatic amines is 2. The number of rotatable bonds is 2. The molecule has 0 unspecified atom stereocenters. The number of nitrogens with zero attached hydrogens (tertiary/aromatic N) is 3. The Labute approximate surface area is 127 Å². The van der Waals surface area contributed by atoms with Crippen LogP contribution in [0.5, 0.6) is 0 Å². The van der Waals surface area contributed by atoms with E-state index in [4.69, 9.17) is 0 Å². The molecule has 0 radical (unpaired) electrons. The molecule has 1 amide bonds. The third-order valence-electron chi connectivity index (χ3n) is 4.31. The monoisotopic (exact) mass is 295 g/mol. The van der Waals surface area contributed by atoms with E-state index in [0.717, 1.165) is 42.8 Å². The molecule has 1 aliphatic rings. The summed E-state index contributed by atoms with van der Waals surface area (Å²) in [5.74, 6) is 1.45. The number of amides is 1. The molecule has 112 valence electrons. The molecule has 1 fully saturated rings. The number of carbonyl (C=O) groups excluding carboxylic acids is 1. The smallest absolute Gasteiger partial charge is 0.271 e. The normalized spacial score (nSPS) is 16.3. The lowest BCUT2D eigenvalue weighted by molar-refractivity contribution is 0.0706. The highest BCUT2D eigenvalue weighted by molar-refractivity contribution is 5.92. The van der Waals surface area contributed by atoms with Gasteiger partial charge in [0.2, 0.25) is 0 Å². The zero-order chi connectivity index (χ0) is 14.9. The van der Waals surface area contributed by atoms with Crippen LogP contribution < -0.4 is 0 Å². The molecule has 1 saturated heterocycles. The molecular weight excluding hydrogens is 278 g/mol. The quantitative estimate of drug-likeness (QED) is 0.761. The topological polar surface area (TPSA) is 77.7 Å². The van der Waals surface area contributed by atoms with Gasteiger partial charge in [-0.15, -0.1) is 0 Å². The van der Waals surface area contributed by atoms with Gasteiger partial charge in [0, 0.05) is 19.0 Å². The van der Waals surface area contributed by atoms with Crippen molar-refractivity contribution in [1.82, 2.24) is 24.8 Å². The summed E-state index contributed by atoms with van der Waals surface area (Å²) >= 11 is 0. The van der Waals surface area contributed by atoms with Crippen LogP contribution in [-0.2, 0) is 0 Å². The van der Waals surface area contributed by atoms with E-state index in [1.165, 1.54) is 6.33 Å². The zero-order valence-electron chi connectivity index (χ0n) is 12.1. The molecule has 0 spiro atoms. The molecule has 2 aromatic heterocycles. The highest BCUT2D eigenvalue weighted by atomic mass is 16.2. The molecule has 3 heterocycles. The maximum Gasteiger partial charge on any atom is 0.271 e. The van der Waals surface area contributed by atoms with Gasteiger partial charge < -0.3 is 14.9 Å². The number of imidazole rings is 2. The van der Waals surface area contributed by atoms with Crippen LogP contribution in [0.3, 0.4) is 0 Å². The third kappa shape index (κ3) is 2.26. The number of nitrogens with one attached hydrogen (secondary N) is 2. The second-order valence-electron chi connectivity index (χ2n) is 5.67. The Hall–Kier alpha value is -2.63. The van der Waals surface area contributed by atoms with Crippen molar-refractivity contribution < 1.29 is 4.79 Å². The van der Waals surface area contributed by atoms with Gasteiger partial charge in [-0.1, -0.05) is 12.1 Å². The summed E-state index contributed by atoms with van der Waals surface area (Å²) in [6, 6.07) is 8.07. The zero-order valence-corrected chi connectivity index (χ0v) is 12.1. The number of aromatic nitrogens is 4. The molecule has 0 saturated carbocycles. The Morgan fingerprint density at radius 3 is 2.77 bits per heavy atom. The molecule has 6 nitrogen and oxygen atoms in total. The minimum absolute atomic E-state index is 0.0283. The number of carbonyl (C=O) groups is 1. The summed E-state index contributed by atoms with van der Waals surface area (Å²) in [4.78, 5) is 29.0. The Balaban J connectivity index is 1.46. The number of likely N-dealkylation sites (tertiary alicyclic amines) is 1. The molecule has 0 bridgehead atoms. The second-order valence-corrected chi connectivity index (χ2v) is 5.67. The van der Waals surface area contributed by atoms with Crippen LogP contribution in [0, 0.1) is 0 Å². The van der Waals surface area contributed by atoms with E-state index in [2.05, 4.69) is 19.9 Å². The Bertz CT molecular complexity index is 751. The molecule has 3 aromatic rings. The lowest BCUT2D eigenvalue weighted by atomic mass is 9.96. The number of H-pyrrole nitrogens is 2. The Morgan fingerprint density at radius 1 is 1.23 bits per heavy atom. The predicted molar refractivity (Wildman–Crippen MR) is 82.6 cm³/mol. The van der Waals surface area contributed by atoms with Crippen LogP contribution in [0.25, 0.3) is 11.0 Å². The van der Waals surface area contributed by atoms with Crippen LogP contribution in [0.15, 0.2) is 36.8 Å². The number of hydrogen-bond acceptors (Lipinski definition) is 3. The van der Waals surface area contributed by atoms with Crippen LogP contribution >= 0.6 is 0 Å². The van der Waals surface area contributed by atoms with E-state index in [-0.39, 0.29) is 5.91 Å². The van der Waals surface area contributed by atoms with E-state index in [0.29, 0.717) is 11.6 Å². The average Bonchev–Trinajstić information content (AvgIpc) is 3.23. The SMILES string of the molecule is O=C(c1cnc[nH]1)N1CCC(c2nc3ccccc3[nH]2)CC1. The summed E-state index contributed by atoms with van der Waals surface area (Å²) in [5.41, 5.74) is 2.64. The van der Waals surface area contributed by atoms with Crippen molar-refractivity contribution in [3.8, 4) is 0 Å². The van der Waals surface area contributed by atoms with Crippen LogP contribution in [0.4, 0.5) is 0 Å². The van der Waals surface area contributed by atoms with Crippen LogP contribution in [0.1, 0.15) is 35.1 Å². The van der Waals surface area contributed by atoms with Gasteiger partial charge in [0.25, 0.3) is 5.91 Å². The molecule has 6 heteroatoms. The van der Waals surface area contributed by atoms with Gasteiger partial charge >= 0.3 is 0 Å². The average molecular weight is 295 g/mol. The van der Waals surface area contributed by atoms with Gasteiger partial charge in [-0.2, -0.15) is 0 Å². The van der Waals surface area contributed by atoms with Crippen molar-refractivity contribution in [2.24, 2.45) is 0 Å². The first kappa shape index (κ1) is 13.1. The third-order valence-corrected chi connectivity index (χ3v) is 4.31. The lowest BCUT2D eigenvalue weighted by Crippen LogP contribution is -2.38. The van der Waals surface area contributed by atoms with Crippen molar-refractivity contribution in [2.75, 3.05) is 13.1 Å². The summed E-state index contributed by atoms with van der Waals surface area (Å²) in [6.07, 6.45) is 4.97. The van der Waals surface area contributed by atoms with E-state index in [1.54, 1.807) is 6.20 Å². The van der Waals surface area contributed by atoms with Gasteiger partial charge in [0.1, 0.15) is 11.5 Å². The molecule has 2 N–H and O–H groups in total. The van der Waals surface area contributed by atoms with Crippen molar-refractivity contribution in [2.45, 2.75) is 18.8 Å². The molecule has 0 aliphatic carbocycles. The van der Waals surface area contributed by atoms with Crippen molar-refractivity contribution in [3.05, 3.63) is 48.3 Å². The van der Waals surface area contributed by atoms with Gasteiger partial charge in [0.05, 0.1) is 23.6 Å². The number of piperidine rings is 1. The first-order chi connectivity index (χ1) is 10.8. The summed E-state index contributed by atoms with van der Waals surface area (Å²) < 4.78 is 0. The first-order valence-electron chi connectivity index (χ1n) is 7.53. The van der Waals surface area contributed by atoms with E-state index in [9.17, 15) is 4.79 Å². The fraction of sp³-hybridized carbons (Fsp3) is 0.312. The number of fused-ring (bicyclic) bond motifs is 1. The second kappa shape index (κ2) is 5.29. The van der Waals surface area contributed by atoms with Crippen molar-refractivity contribution in [1.29, 1.82) is 0 Å². The summed E-state index contributed by atoms with van der Waals surface area (Å²) in [5, 5.41) is 0. The van der Waals surface area contributed by atoms with E-state index in [1.807, 2.05) is 29.2 Å². The molecule has 22 heavy (non-hydrogen) atoms. The Kier molecular flexibility index (Phi) is 3.14. The molecule has 1 aromatic carbocycles. The van der Waals surface area contributed by atoms with Gasteiger partial charge in [-0.3, -0.25) is 4.79 Å². The molecule has 4 rings (SSSR count). The van der Waals surface area contributed by atoms with Crippen LogP contribution in [-0.4, -0.2) is 43.8 Å². The minimum Gasteiger partial charge on any atom is -0.342 e. The highest BCUT2D eigenvalue weighted by Gasteiger charge is 2.26. The van der Waals surface area contributed by atoms with E-state index >= 15 is 0 Å². The lowest BCUT2D eigenvalue weighted by Gasteiger charge is -2.30. The van der Waals surface area contributed by atoms with Crippen LogP contribution in [0.2, 0.25) is 0 Å². The standard InChI is InChI=1S/C16H17N5O/c22-16(14-9-17-10-18-14)21-7-5-11(6-8-21)15-19-12-3-1-2-4-13(12)20-15/h1-4,9-11H,5-8H2,(H,17,18)(H,19,20). The van der Waals surface area contributed by atoms with Gasteiger partial charge in [-0.25, -0.2) is 9.97 Å². The minimum atomic E-state index is 0.0283. The number of hydrogen-bond donors (Lipinski definition) is 2.